The molecule has 0 spiro atoms. The van der Waals surface area contributed by atoms with Gasteiger partial charge in [0.1, 0.15) is 13.2 Å². The minimum Gasteiger partial charge on any atom is -0.486 e. The van der Waals surface area contributed by atoms with Gasteiger partial charge in [0.15, 0.2) is 11.5 Å². The van der Waals surface area contributed by atoms with E-state index >= 15 is 0 Å². The van der Waals surface area contributed by atoms with Crippen molar-refractivity contribution < 1.29 is 14.3 Å². The zero-order valence-corrected chi connectivity index (χ0v) is 15.8. The number of carbonyl (C=O) groups is 1. The molecule has 0 fully saturated rings. The molecule has 0 aliphatic carbocycles. The third-order valence-corrected chi connectivity index (χ3v) is 5.43. The van der Waals surface area contributed by atoms with E-state index in [1.54, 1.807) is 11.8 Å². The first-order valence-electron chi connectivity index (χ1n) is 9.05. The maximum atomic E-state index is 12.1. The first-order valence-corrected chi connectivity index (χ1v) is 10.0. The fraction of sp³-hybridized carbons (Fsp3) is 0.227. The van der Waals surface area contributed by atoms with Crippen molar-refractivity contribution >= 4 is 28.4 Å². The molecule has 0 unspecified atom stereocenters. The van der Waals surface area contributed by atoms with Gasteiger partial charge in [0, 0.05) is 11.4 Å². The number of ether oxygens (including phenoxy) is 2. The summed E-state index contributed by atoms with van der Waals surface area (Å²) in [5.74, 6) is 2.04. The molecule has 1 amide bonds. The van der Waals surface area contributed by atoms with Crippen LogP contribution in [0, 0.1) is 0 Å². The molecule has 0 radical (unpaired) electrons. The summed E-state index contributed by atoms with van der Waals surface area (Å²) in [5, 5.41) is 5.40. The second-order valence-electron chi connectivity index (χ2n) is 6.38. The SMILES string of the molecule is O=C(CSc1ccc2ccccc2c1)NCCc1ccc2c(c1)OCCO2. The lowest BCUT2D eigenvalue weighted by Gasteiger charge is -2.18. The summed E-state index contributed by atoms with van der Waals surface area (Å²) >= 11 is 1.56. The van der Waals surface area contributed by atoms with Gasteiger partial charge >= 0.3 is 0 Å². The van der Waals surface area contributed by atoms with E-state index in [1.807, 2.05) is 30.3 Å². The third-order valence-electron chi connectivity index (χ3n) is 4.43. The van der Waals surface area contributed by atoms with Gasteiger partial charge in [-0.1, -0.05) is 36.4 Å². The van der Waals surface area contributed by atoms with Crippen molar-refractivity contribution in [1.29, 1.82) is 0 Å². The van der Waals surface area contributed by atoms with Gasteiger partial charge in [-0.05, 0) is 47.0 Å². The Morgan fingerprint density at radius 3 is 2.63 bits per heavy atom. The molecule has 0 atom stereocenters. The van der Waals surface area contributed by atoms with Gasteiger partial charge < -0.3 is 14.8 Å². The molecule has 0 bridgehead atoms. The molecular weight excluding hydrogens is 358 g/mol. The van der Waals surface area contributed by atoms with E-state index in [2.05, 4.69) is 35.6 Å². The summed E-state index contributed by atoms with van der Waals surface area (Å²) in [7, 11) is 0. The van der Waals surface area contributed by atoms with E-state index < -0.39 is 0 Å². The van der Waals surface area contributed by atoms with Crippen LogP contribution in [0.3, 0.4) is 0 Å². The van der Waals surface area contributed by atoms with Gasteiger partial charge in [-0.15, -0.1) is 11.8 Å². The van der Waals surface area contributed by atoms with Crippen molar-refractivity contribution in [3.8, 4) is 11.5 Å². The van der Waals surface area contributed by atoms with Gasteiger partial charge in [-0.2, -0.15) is 0 Å². The van der Waals surface area contributed by atoms with Crippen LogP contribution < -0.4 is 14.8 Å². The van der Waals surface area contributed by atoms with Gasteiger partial charge in [-0.3, -0.25) is 4.79 Å². The monoisotopic (exact) mass is 379 g/mol. The Hall–Kier alpha value is -2.66. The first-order chi connectivity index (χ1) is 13.3. The zero-order chi connectivity index (χ0) is 18.5. The molecule has 1 aliphatic heterocycles. The second-order valence-corrected chi connectivity index (χ2v) is 7.42. The number of amides is 1. The van der Waals surface area contributed by atoms with E-state index in [-0.39, 0.29) is 5.91 Å². The number of thioether (sulfide) groups is 1. The Labute approximate surface area is 162 Å². The fourth-order valence-corrected chi connectivity index (χ4v) is 3.82. The quantitative estimate of drug-likeness (QED) is 0.656. The molecule has 4 rings (SSSR count). The average molecular weight is 379 g/mol. The Morgan fingerprint density at radius 1 is 0.926 bits per heavy atom. The van der Waals surface area contributed by atoms with Crippen molar-refractivity contribution in [2.24, 2.45) is 0 Å². The van der Waals surface area contributed by atoms with Crippen LogP contribution in [0.2, 0.25) is 0 Å². The van der Waals surface area contributed by atoms with E-state index in [0.717, 1.165) is 28.4 Å². The predicted octanol–water partition coefficient (Wildman–Crippen LogP) is 4.06. The van der Waals surface area contributed by atoms with Crippen LogP contribution in [0.25, 0.3) is 10.8 Å². The average Bonchev–Trinajstić information content (AvgIpc) is 2.72. The van der Waals surface area contributed by atoms with E-state index in [4.69, 9.17) is 9.47 Å². The van der Waals surface area contributed by atoms with Crippen LogP contribution in [0.5, 0.6) is 11.5 Å². The molecule has 3 aromatic carbocycles. The Kier molecular flexibility index (Phi) is 5.49. The lowest BCUT2D eigenvalue weighted by Crippen LogP contribution is -2.27. The molecule has 1 heterocycles. The largest absolute Gasteiger partial charge is 0.486 e. The molecule has 27 heavy (non-hydrogen) atoms. The van der Waals surface area contributed by atoms with Gasteiger partial charge in [-0.25, -0.2) is 0 Å². The minimum absolute atomic E-state index is 0.0469. The van der Waals surface area contributed by atoms with Crippen LogP contribution >= 0.6 is 11.8 Å². The maximum Gasteiger partial charge on any atom is 0.230 e. The lowest BCUT2D eigenvalue weighted by molar-refractivity contribution is -0.118. The maximum absolute atomic E-state index is 12.1. The summed E-state index contributed by atoms with van der Waals surface area (Å²) in [6.45, 7) is 1.78. The Balaban J connectivity index is 1.24. The van der Waals surface area contributed by atoms with Crippen LogP contribution in [0.4, 0.5) is 0 Å². The van der Waals surface area contributed by atoms with Crippen molar-refractivity contribution in [2.75, 3.05) is 25.5 Å². The number of benzene rings is 3. The molecule has 3 aromatic rings. The standard InChI is InChI=1S/C22H21NO3S/c24-22(15-27-19-7-6-17-3-1-2-4-18(17)14-19)23-10-9-16-5-8-20-21(13-16)26-12-11-25-20/h1-8,13-14H,9-12,15H2,(H,23,24). The summed E-state index contributed by atoms with van der Waals surface area (Å²) in [6.07, 6.45) is 0.767. The van der Waals surface area contributed by atoms with E-state index in [1.165, 1.54) is 10.8 Å². The molecule has 0 saturated carbocycles. The number of fused-ring (bicyclic) bond motifs is 2. The van der Waals surface area contributed by atoms with Gasteiger partial charge in [0.25, 0.3) is 0 Å². The number of rotatable bonds is 6. The highest BCUT2D eigenvalue weighted by atomic mass is 32.2. The van der Waals surface area contributed by atoms with Crippen LogP contribution in [-0.2, 0) is 11.2 Å². The number of nitrogens with one attached hydrogen (secondary N) is 1. The smallest absolute Gasteiger partial charge is 0.230 e. The molecule has 4 nitrogen and oxygen atoms in total. The van der Waals surface area contributed by atoms with Gasteiger partial charge in [0.05, 0.1) is 5.75 Å². The molecule has 1 N–H and O–H groups in total. The highest BCUT2D eigenvalue weighted by Crippen LogP contribution is 2.30. The van der Waals surface area contributed by atoms with Crippen LogP contribution in [0.1, 0.15) is 5.56 Å². The second kappa shape index (κ2) is 8.35. The highest BCUT2D eigenvalue weighted by Gasteiger charge is 2.11. The normalized spacial score (nSPS) is 12.7. The van der Waals surface area contributed by atoms with Crippen molar-refractivity contribution in [3.05, 3.63) is 66.2 Å². The fourth-order valence-electron chi connectivity index (χ4n) is 3.05. The molecule has 1 aliphatic rings. The first kappa shape index (κ1) is 17.7. The molecule has 5 heteroatoms. The predicted molar refractivity (Wildman–Crippen MR) is 109 cm³/mol. The molecule has 0 aromatic heterocycles. The molecule has 0 saturated heterocycles. The summed E-state index contributed by atoms with van der Waals surface area (Å²) < 4.78 is 11.1. The summed E-state index contributed by atoms with van der Waals surface area (Å²) in [5.41, 5.74) is 1.13. The van der Waals surface area contributed by atoms with E-state index in [0.29, 0.717) is 25.5 Å². The van der Waals surface area contributed by atoms with E-state index in [9.17, 15) is 4.79 Å². The molecule has 138 valence electrons. The zero-order valence-electron chi connectivity index (χ0n) is 14.9. The number of hydrogen-bond acceptors (Lipinski definition) is 4. The lowest BCUT2D eigenvalue weighted by atomic mass is 10.1. The Morgan fingerprint density at radius 2 is 1.74 bits per heavy atom. The van der Waals surface area contributed by atoms with Crippen molar-refractivity contribution in [1.82, 2.24) is 5.32 Å². The van der Waals surface area contributed by atoms with Crippen LogP contribution in [-0.4, -0.2) is 31.4 Å². The number of carbonyl (C=O) groups excluding carboxylic acids is 1. The molecular formula is C22H21NO3S. The van der Waals surface area contributed by atoms with Gasteiger partial charge in [0.2, 0.25) is 5.91 Å². The van der Waals surface area contributed by atoms with Crippen molar-refractivity contribution in [3.63, 3.8) is 0 Å². The topological polar surface area (TPSA) is 47.6 Å². The number of hydrogen-bond donors (Lipinski definition) is 1. The summed E-state index contributed by atoms with van der Waals surface area (Å²) in [4.78, 5) is 13.2. The van der Waals surface area contributed by atoms with Crippen molar-refractivity contribution in [2.45, 2.75) is 11.3 Å². The summed E-state index contributed by atoms with van der Waals surface area (Å²) in [6, 6.07) is 20.5. The van der Waals surface area contributed by atoms with Crippen LogP contribution in [0.15, 0.2) is 65.6 Å². The highest BCUT2D eigenvalue weighted by molar-refractivity contribution is 8.00. The Bertz CT molecular complexity index is 957. The minimum atomic E-state index is 0.0469. The third kappa shape index (κ3) is 4.55.